The number of halogens is 3. The quantitative estimate of drug-likeness (QED) is 0.923. The van der Waals surface area contributed by atoms with Gasteiger partial charge in [-0.3, -0.25) is 4.90 Å². The number of benzene rings is 1. The van der Waals surface area contributed by atoms with Gasteiger partial charge in [-0.2, -0.15) is 0 Å². The minimum Gasteiger partial charge on any atom is -0.369 e. The molecule has 0 unspecified atom stereocenters. The van der Waals surface area contributed by atoms with Gasteiger partial charge in [0, 0.05) is 36.9 Å². The lowest BCUT2D eigenvalue weighted by Gasteiger charge is -2.36. The van der Waals surface area contributed by atoms with Crippen LogP contribution in [0.4, 0.5) is 5.69 Å². The first kappa shape index (κ1) is 18.8. The summed E-state index contributed by atoms with van der Waals surface area (Å²) in [6, 6.07) is 8.10. The van der Waals surface area contributed by atoms with Gasteiger partial charge in [0.05, 0.1) is 0 Å². The van der Waals surface area contributed by atoms with Crippen molar-refractivity contribution in [2.24, 2.45) is 5.73 Å². The molecule has 0 bridgehead atoms. The average Bonchev–Trinajstić information content (AvgIpc) is 2.37. The van der Waals surface area contributed by atoms with E-state index >= 15 is 0 Å². The molecular weight excluding hydrogens is 305 g/mol. The zero-order chi connectivity index (χ0) is 12.1. The van der Waals surface area contributed by atoms with Crippen LogP contribution in [0.2, 0.25) is 5.02 Å². The van der Waals surface area contributed by atoms with Crippen LogP contribution in [0.1, 0.15) is 6.42 Å². The van der Waals surface area contributed by atoms with E-state index in [-0.39, 0.29) is 24.8 Å². The van der Waals surface area contributed by atoms with Gasteiger partial charge in [-0.1, -0.05) is 17.7 Å². The van der Waals surface area contributed by atoms with Gasteiger partial charge >= 0.3 is 0 Å². The van der Waals surface area contributed by atoms with E-state index in [0.717, 1.165) is 50.7 Å². The van der Waals surface area contributed by atoms with Crippen LogP contribution in [0.3, 0.4) is 0 Å². The van der Waals surface area contributed by atoms with Crippen LogP contribution in [0.15, 0.2) is 24.3 Å². The Morgan fingerprint density at radius 3 is 2.37 bits per heavy atom. The van der Waals surface area contributed by atoms with Crippen molar-refractivity contribution in [3.05, 3.63) is 29.3 Å². The summed E-state index contributed by atoms with van der Waals surface area (Å²) >= 11 is 6.01. The molecule has 1 saturated heterocycles. The lowest BCUT2D eigenvalue weighted by atomic mass is 10.2. The molecule has 2 rings (SSSR count). The largest absolute Gasteiger partial charge is 0.369 e. The van der Waals surface area contributed by atoms with Crippen molar-refractivity contribution >= 4 is 42.1 Å². The number of nitrogens with zero attached hydrogens (tertiary/aromatic N) is 2. The van der Waals surface area contributed by atoms with E-state index in [4.69, 9.17) is 17.3 Å². The van der Waals surface area contributed by atoms with Gasteiger partial charge in [-0.05, 0) is 37.7 Å². The predicted octanol–water partition coefficient (Wildman–Crippen LogP) is 2.65. The maximum absolute atomic E-state index is 6.01. The van der Waals surface area contributed by atoms with Crippen molar-refractivity contribution in [3.63, 3.8) is 0 Å². The van der Waals surface area contributed by atoms with E-state index in [0.29, 0.717) is 0 Å². The van der Waals surface area contributed by atoms with Crippen molar-refractivity contribution in [2.45, 2.75) is 6.42 Å². The number of hydrogen-bond donors (Lipinski definition) is 1. The lowest BCUT2D eigenvalue weighted by molar-refractivity contribution is 0.256. The van der Waals surface area contributed by atoms with Crippen LogP contribution in [-0.2, 0) is 0 Å². The third kappa shape index (κ3) is 5.76. The first-order valence-electron chi connectivity index (χ1n) is 6.22. The van der Waals surface area contributed by atoms with Gasteiger partial charge in [-0.15, -0.1) is 24.8 Å². The second kappa shape index (κ2) is 9.67. The summed E-state index contributed by atoms with van der Waals surface area (Å²) in [5, 5.41) is 0.813. The summed E-state index contributed by atoms with van der Waals surface area (Å²) in [6.07, 6.45) is 1.09. The van der Waals surface area contributed by atoms with Crippen LogP contribution in [-0.4, -0.2) is 44.2 Å². The van der Waals surface area contributed by atoms with E-state index in [1.54, 1.807) is 0 Å². The molecule has 19 heavy (non-hydrogen) atoms. The highest BCUT2D eigenvalue weighted by Crippen LogP contribution is 2.20. The molecule has 0 saturated carbocycles. The molecule has 110 valence electrons. The molecule has 0 aliphatic carbocycles. The van der Waals surface area contributed by atoms with Gasteiger partial charge in [0.2, 0.25) is 0 Å². The predicted molar refractivity (Wildman–Crippen MR) is 88.3 cm³/mol. The topological polar surface area (TPSA) is 32.5 Å². The second-order valence-electron chi connectivity index (χ2n) is 4.45. The van der Waals surface area contributed by atoms with Gasteiger partial charge < -0.3 is 10.6 Å². The first-order valence-corrected chi connectivity index (χ1v) is 6.60. The molecule has 1 aromatic carbocycles. The van der Waals surface area contributed by atoms with Crippen molar-refractivity contribution in [1.29, 1.82) is 0 Å². The SMILES string of the molecule is Cl.Cl.NCCCN1CCN(c2cccc(Cl)c2)CC1. The highest BCUT2D eigenvalue weighted by atomic mass is 35.5. The van der Waals surface area contributed by atoms with Crippen molar-refractivity contribution in [1.82, 2.24) is 4.90 Å². The molecule has 0 atom stereocenters. The van der Waals surface area contributed by atoms with Crippen LogP contribution in [0, 0.1) is 0 Å². The Labute approximate surface area is 132 Å². The molecule has 0 aromatic heterocycles. The van der Waals surface area contributed by atoms with Gasteiger partial charge in [0.1, 0.15) is 0 Å². The van der Waals surface area contributed by atoms with E-state index in [1.807, 2.05) is 18.2 Å². The zero-order valence-electron chi connectivity index (χ0n) is 10.9. The monoisotopic (exact) mass is 325 g/mol. The third-order valence-corrected chi connectivity index (χ3v) is 3.46. The van der Waals surface area contributed by atoms with Crippen LogP contribution >= 0.6 is 36.4 Å². The molecule has 1 fully saturated rings. The number of anilines is 1. The highest BCUT2D eigenvalue weighted by Gasteiger charge is 2.16. The standard InChI is InChI=1S/C13H20ClN3.2ClH/c14-12-3-1-4-13(11-12)17-9-7-16(8-10-17)6-2-5-15;;/h1,3-4,11H,2,5-10,15H2;2*1H. The van der Waals surface area contributed by atoms with Crippen molar-refractivity contribution in [2.75, 3.05) is 44.2 Å². The Morgan fingerprint density at radius 1 is 1.11 bits per heavy atom. The van der Waals surface area contributed by atoms with E-state index in [1.165, 1.54) is 5.69 Å². The Hall–Kier alpha value is -0.190. The summed E-state index contributed by atoms with van der Waals surface area (Å²) in [5.41, 5.74) is 6.76. The Kier molecular flexibility index (Phi) is 9.58. The highest BCUT2D eigenvalue weighted by molar-refractivity contribution is 6.30. The smallest absolute Gasteiger partial charge is 0.0426 e. The van der Waals surface area contributed by atoms with Gasteiger partial charge in [-0.25, -0.2) is 0 Å². The van der Waals surface area contributed by atoms with E-state index in [9.17, 15) is 0 Å². The normalized spacial score (nSPS) is 15.6. The molecule has 1 aromatic rings. The van der Waals surface area contributed by atoms with Gasteiger partial charge in [0.25, 0.3) is 0 Å². The van der Waals surface area contributed by atoms with Gasteiger partial charge in [0.15, 0.2) is 0 Å². The lowest BCUT2D eigenvalue weighted by Crippen LogP contribution is -2.46. The number of piperazine rings is 1. The molecule has 0 amide bonds. The molecular formula is C13H22Cl3N3. The molecule has 1 aliphatic heterocycles. The minimum absolute atomic E-state index is 0. The summed E-state index contributed by atoms with van der Waals surface area (Å²) in [5.74, 6) is 0. The fraction of sp³-hybridized carbons (Fsp3) is 0.538. The number of rotatable bonds is 4. The Bertz CT molecular complexity index is 355. The molecule has 1 heterocycles. The number of nitrogens with two attached hydrogens (primary N) is 1. The average molecular weight is 327 g/mol. The van der Waals surface area contributed by atoms with Crippen LogP contribution in [0.25, 0.3) is 0 Å². The van der Waals surface area contributed by atoms with Crippen LogP contribution in [0.5, 0.6) is 0 Å². The number of hydrogen-bond acceptors (Lipinski definition) is 3. The summed E-state index contributed by atoms with van der Waals surface area (Å²) in [4.78, 5) is 4.87. The Morgan fingerprint density at radius 2 is 1.79 bits per heavy atom. The molecule has 0 radical (unpaired) electrons. The van der Waals surface area contributed by atoms with E-state index < -0.39 is 0 Å². The van der Waals surface area contributed by atoms with Crippen LogP contribution < -0.4 is 10.6 Å². The van der Waals surface area contributed by atoms with Crippen molar-refractivity contribution in [3.8, 4) is 0 Å². The molecule has 3 nitrogen and oxygen atoms in total. The molecule has 2 N–H and O–H groups in total. The molecule has 6 heteroatoms. The zero-order valence-corrected chi connectivity index (χ0v) is 13.3. The maximum atomic E-state index is 6.01. The summed E-state index contributed by atoms with van der Waals surface area (Å²) in [6.45, 7) is 6.29. The Balaban J connectivity index is 0.00000162. The first-order chi connectivity index (χ1) is 8.29. The second-order valence-corrected chi connectivity index (χ2v) is 4.89. The molecule has 1 aliphatic rings. The van der Waals surface area contributed by atoms with E-state index in [2.05, 4.69) is 15.9 Å². The molecule has 0 spiro atoms. The fourth-order valence-electron chi connectivity index (χ4n) is 2.22. The third-order valence-electron chi connectivity index (χ3n) is 3.22. The minimum atomic E-state index is 0. The van der Waals surface area contributed by atoms with Crippen molar-refractivity contribution < 1.29 is 0 Å². The maximum Gasteiger partial charge on any atom is 0.0426 e. The summed E-state index contributed by atoms with van der Waals surface area (Å²) in [7, 11) is 0. The summed E-state index contributed by atoms with van der Waals surface area (Å²) < 4.78 is 0. The fourth-order valence-corrected chi connectivity index (χ4v) is 2.40.